The molecule has 64 valence electrons. The fourth-order valence-corrected chi connectivity index (χ4v) is 0.954. The average molecular weight is 159 g/mol. The number of Topliss-reactive ketones (excluding diaryl/α,β-unsaturated/α-hetero) is 1. The predicted molar refractivity (Wildman–Crippen MR) is 40.0 cm³/mol. The monoisotopic (exact) mass is 159 g/mol. The van der Waals surface area contributed by atoms with Crippen LogP contribution in [0.2, 0.25) is 0 Å². The van der Waals surface area contributed by atoms with Crippen LogP contribution in [-0.4, -0.2) is 23.4 Å². The molecule has 0 aromatic carbocycles. The van der Waals surface area contributed by atoms with Crippen LogP contribution in [0.1, 0.15) is 13.8 Å². The summed E-state index contributed by atoms with van der Waals surface area (Å²) in [5.74, 6) is -2.66. The first-order chi connectivity index (χ1) is 5.00. The van der Waals surface area contributed by atoms with Gasteiger partial charge in [0.25, 0.3) is 0 Å². The second-order valence-electron chi connectivity index (χ2n) is 2.64. The molecule has 0 aliphatic heterocycles. The van der Waals surface area contributed by atoms with Gasteiger partial charge in [0.15, 0.2) is 0 Å². The molecule has 4 heteroatoms. The first kappa shape index (κ1) is 10.1. The molecule has 0 radical (unpaired) electrons. The largest absolute Gasteiger partial charge is 0.481 e. The lowest BCUT2D eigenvalue weighted by Gasteiger charge is -2.14. The summed E-state index contributed by atoms with van der Waals surface area (Å²) in [5.41, 5.74) is 5.23. The van der Waals surface area contributed by atoms with Gasteiger partial charge in [-0.25, -0.2) is 0 Å². The van der Waals surface area contributed by atoms with Gasteiger partial charge in [0, 0.05) is 0 Å². The van der Waals surface area contributed by atoms with Gasteiger partial charge in [-0.15, -0.1) is 0 Å². The van der Waals surface area contributed by atoms with Crippen LogP contribution in [0.15, 0.2) is 0 Å². The van der Waals surface area contributed by atoms with E-state index < -0.39 is 11.9 Å². The summed E-state index contributed by atoms with van der Waals surface area (Å²) < 4.78 is 0. The lowest BCUT2D eigenvalue weighted by atomic mass is 9.91. The third kappa shape index (κ3) is 2.67. The topological polar surface area (TPSA) is 80.4 Å². The highest BCUT2D eigenvalue weighted by Crippen LogP contribution is 2.11. The lowest BCUT2D eigenvalue weighted by molar-refractivity contribution is -0.147. The van der Waals surface area contributed by atoms with E-state index in [2.05, 4.69) is 0 Å². The van der Waals surface area contributed by atoms with Gasteiger partial charge in [-0.1, -0.05) is 6.92 Å². The SMILES string of the molecule is CC(=O)C(C(=O)O)C(C)CN. The molecule has 0 saturated carbocycles. The third-order valence-corrected chi connectivity index (χ3v) is 1.64. The highest BCUT2D eigenvalue weighted by Gasteiger charge is 2.27. The van der Waals surface area contributed by atoms with Crippen LogP contribution in [0.5, 0.6) is 0 Å². The number of nitrogens with two attached hydrogens (primary N) is 1. The van der Waals surface area contributed by atoms with E-state index in [1.807, 2.05) is 0 Å². The predicted octanol–water partition coefficient (Wildman–Crippen LogP) is -0.129. The highest BCUT2D eigenvalue weighted by atomic mass is 16.4. The van der Waals surface area contributed by atoms with E-state index >= 15 is 0 Å². The fourth-order valence-electron chi connectivity index (χ4n) is 0.954. The molecular formula is C7H13NO3. The van der Waals surface area contributed by atoms with Gasteiger partial charge in [-0.3, -0.25) is 9.59 Å². The van der Waals surface area contributed by atoms with Crippen molar-refractivity contribution in [2.75, 3.05) is 6.54 Å². The number of carbonyl (C=O) groups excluding carboxylic acids is 1. The molecule has 0 bridgehead atoms. The molecule has 3 N–H and O–H groups in total. The van der Waals surface area contributed by atoms with Gasteiger partial charge in [0.1, 0.15) is 11.7 Å². The molecule has 11 heavy (non-hydrogen) atoms. The first-order valence-corrected chi connectivity index (χ1v) is 3.44. The van der Waals surface area contributed by atoms with Crippen LogP contribution < -0.4 is 5.73 Å². The summed E-state index contributed by atoms with van der Waals surface area (Å²) in [6.45, 7) is 3.14. The van der Waals surface area contributed by atoms with Crippen LogP contribution in [0.3, 0.4) is 0 Å². The molecule has 0 rings (SSSR count). The van der Waals surface area contributed by atoms with Crippen molar-refractivity contribution in [2.24, 2.45) is 17.6 Å². The van der Waals surface area contributed by atoms with E-state index in [0.29, 0.717) is 0 Å². The van der Waals surface area contributed by atoms with E-state index in [-0.39, 0.29) is 18.2 Å². The normalized spacial score (nSPS) is 15.5. The van der Waals surface area contributed by atoms with Crippen LogP contribution in [-0.2, 0) is 9.59 Å². The maximum Gasteiger partial charge on any atom is 0.314 e. The molecule has 0 aliphatic carbocycles. The Morgan fingerprint density at radius 3 is 2.09 bits per heavy atom. The van der Waals surface area contributed by atoms with Crippen LogP contribution in [0.25, 0.3) is 0 Å². The molecular weight excluding hydrogens is 146 g/mol. The minimum absolute atomic E-state index is 0.219. The molecule has 4 nitrogen and oxygen atoms in total. The number of hydrogen-bond donors (Lipinski definition) is 2. The second-order valence-corrected chi connectivity index (χ2v) is 2.64. The van der Waals surface area contributed by atoms with Gasteiger partial charge >= 0.3 is 5.97 Å². The Morgan fingerprint density at radius 2 is 2.00 bits per heavy atom. The zero-order valence-electron chi connectivity index (χ0n) is 6.70. The summed E-state index contributed by atoms with van der Waals surface area (Å²) in [7, 11) is 0. The Balaban J connectivity index is 4.34. The molecule has 0 aliphatic rings. The van der Waals surface area contributed by atoms with E-state index in [9.17, 15) is 9.59 Å². The summed E-state index contributed by atoms with van der Waals surface area (Å²) in [6.07, 6.45) is 0. The smallest absolute Gasteiger partial charge is 0.314 e. The molecule has 0 fully saturated rings. The molecule has 2 atom stereocenters. The van der Waals surface area contributed by atoms with Crippen molar-refractivity contribution in [3.05, 3.63) is 0 Å². The standard InChI is InChI=1S/C7H13NO3/c1-4(3-8)6(5(2)9)7(10)11/h4,6H,3,8H2,1-2H3,(H,10,11). The van der Waals surface area contributed by atoms with E-state index in [1.54, 1.807) is 6.92 Å². The second kappa shape index (κ2) is 4.08. The van der Waals surface area contributed by atoms with Gasteiger partial charge in [-0.05, 0) is 19.4 Å². The Hall–Kier alpha value is -0.900. The molecule has 0 heterocycles. The lowest BCUT2D eigenvalue weighted by Crippen LogP contribution is -2.32. The Kier molecular flexibility index (Phi) is 3.74. The van der Waals surface area contributed by atoms with Gasteiger partial charge in [-0.2, -0.15) is 0 Å². The van der Waals surface area contributed by atoms with E-state index in [4.69, 9.17) is 10.8 Å². The van der Waals surface area contributed by atoms with Crippen molar-refractivity contribution in [1.82, 2.24) is 0 Å². The van der Waals surface area contributed by atoms with E-state index in [0.717, 1.165) is 0 Å². The maximum absolute atomic E-state index is 10.7. The minimum Gasteiger partial charge on any atom is -0.481 e. The molecule has 0 amide bonds. The summed E-state index contributed by atoms with van der Waals surface area (Å²) in [4.78, 5) is 21.2. The van der Waals surface area contributed by atoms with Crippen LogP contribution in [0.4, 0.5) is 0 Å². The van der Waals surface area contributed by atoms with Crippen molar-refractivity contribution >= 4 is 11.8 Å². The molecule has 0 aromatic rings. The van der Waals surface area contributed by atoms with Crippen LogP contribution in [0, 0.1) is 11.8 Å². The van der Waals surface area contributed by atoms with Crippen molar-refractivity contribution < 1.29 is 14.7 Å². The number of hydrogen-bond acceptors (Lipinski definition) is 3. The van der Waals surface area contributed by atoms with Gasteiger partial charge in [0.05, 0.1) is 0 Å². The number of carbonyl (C=O) groups is 2. The summed E-state index contributed by atoms with van der Waals surface area (Å²) >= 11 is 0. The highest BCUT2D eigenvalue weighted by molar-refractivity contribution is 5.97. The van der Waals surface area contributed by atoms with Gasteiger partial charge < -0.3 is 10.8 Å². The Labute approximate surface area is 65.4 Å². The van der Waals surface area contributed by atoms with E-state index in [1.165, 1.54) is 6.92 Å². The summed E-state index contributed by atoms with van der Waals surface area (Å²) in [5, 5.41) is 8.57. The molecule has 0 spiro atoms. The number of carboxylic acid groups (broad SMARTS) is 1. The summed E-state index contributed by atoms with van der Waals surface area (Å²) in [6, 6.07) is 0. The number of carboxylic acids is 1. The Bertz CT molecular complexity index is 153. The fraction of sp³-hybridized carbons (Fsp3) is 0.714. The molecule has 0 saturated heterocycles. The average Bonchev–Trinajstić information content (AvgIpc) is 1.85. The van der Waals surface area contributed by atoms with Crippen molar-refractivity contribution in [3.63, 3.8) is 0 Å². The van der Waals surface area contributed by atoms with Crippen molar-refractivity contribution in [3.8, 4) is 0 Å². The van der Waals surface area contributed by atoms with Gasteiger partial charge in [0.2, 0.25) is 0 Å². The number of ketones is 1. The molecule has 2 unspecified atom stereocenters. The van der Waals surface area contributed by atoms with Crippen molar-refractivity contribution in [1.29, 1.82) is 0 Å². The maximum atomic E-state index is 10.7. The number of rotatable bonds is 4. The quantitative estimate of drug-likeness (QED) is 0.560. The van der Waals surface area contributed by atoms with Crippen LogP contribution >= 0.6 is 0 Å². The number of aliphatic carboxylic acids is 1. The molecule has 0 aromatic heterocycles. The third-order valence-electron chi connectivity index (χ3n) is 1.64. The zero-order chi connectivity index (χ0) is 9.02. The zero-order valence-corrected chi connectivity index (χ0v) is 6.70. The van der Waals surface area contributed by atoms with Crippen molar-refractivity contribution in [2.45, 2.75) is 13.8 Å². The first-order valence-electron chi connectivity index (χ1n) is 3.44. The Morgan fingerprint density at radius 1 is 1.55 bits per heavy atom. The minimum atomic E-state index is -1.09.